The summed E-state index contributed by atoms with van der Waals surface area (Å²) in [4.78, 5) is 21.0. The number of nitrogens with zero attached hydrogens (tertiary/aromatic N) is 2. The molecule has 1 heterocycles. The van der Waals surface area contributed by atoms with E-state index in [0.29, 0.717) is 35.1 Å². The lowest BCUT2D eigenvalue weighted by Crippen LogP contribution is -2.22. The van der Waals surface area contributed by atoms with E-state index in [-0.39, 0.29) is 11.7 Å². The van der Waals surface area contributed by atoms with Crippen LogP contribution in [0.15, 0.2) is 85.1 Å². The van der Waals surface area contributed by atoms with E-state index in [0.717, 1.165) is 11.3 Å². The van der Waals surface area contributed by atoms with Crippen molar-refractivity contribution in [3.8, 4) is 28.8 Å². The van der Waals surface area contributed by atoms with E-state index in [4.69, 9.17) is 9.47 Å². The summed E-state index contributed by atoms with van der Waals surface area (Å²) in [5.74, 6) is 1.52. The Bertz CT molecular complexity index is 1210. The molecular formula is C25H20FN3O3. The standard InChI is InChI=1S/C25H20FN3O3/c1-31-22-4-2-3-17(15-22)16-28-25(30)19-7-11-21(12-8-19)32-23-13-14-27-24(29-23)18-5-9-20(26)10-6-18/h2-15H,16H2,1H3,(H,28,30). The van der Waals surface area contributed by atoms with Gasteiger partial charge in [-0.3, -0.25) is 4.79 Å². The molecule has 1 amide bonds. The molecule has 0 spiro atoms. The van der Waals surface area contributed by atoms with Gasteiger partial charge in [0.15, 0.2) is 5.82 Å². The Morgan fingerprint density at radius 1 is 0.969 bits per heavy atom. The van der Waals surface area contributed by atoms with Gasteiger partial charge in [-0.2, -0.15) is 4.98 Å². The molecule has 0 aliphatic heterocycles. The summed E-state index contributed by atoms with van der Waals surface area (Å²) >= 11 is 0. The number of carbonyl (C=O) groups excluding carboxylic acids is 1. The minimum atomic E-state index is -0.325. The van der Waals surface area contributed by atoms with Gasteiger partial charge in [0.25, 0.3) is 5.91 Å². The van der Waals surface area contributed by atoms with Crippen LogP contribution in [0, 0.1) is 5.82 Å². The lowest BCUT2D eigenvalue weighted by Gasteiger charge is -2.09. The molecule has 0 saturated carbocycles. The second-order valence-electron chi connectivity index (χ2n) is 6.89. The maximum atomic E-state index is 13.1. The van der Waals surface area contributed by atoms with E-state index >= 15 is 0 Å². The molecule has 160 valence electrons. The third-order valence-corrected chi connectivity index (χ3v) is 4.66. The summed E-state index contributed by atoms with van der Waals surface area (Å²) in [7, 11) is 1.60. The molecule has 1 aromatic heterocycles. The Morgan fingerprint density at radius 2 is 1.75 bits per heavy atom. The highest BCUT2D eigenvalue weighted by Gasteiger charge is 2.08. The van der Waals surface area contributed by atoms with Crippen LogP contribution in [0.1, 0.15) is 15.9 Å². The van der Waals surface area contributed by atoms with Crippen molar-refractivity contribution in [1.29, 1.82) is 0 Å². The van der Waals surface area contributed by atoms with Crippen LogP contribution in [-0.4, -0.2) is 23.0 Å². The predicted molar refractivity (Wildman–Crippen MR) is 118 cm³/mol. The molecule has 32 heavy (non-hydrogen) atoms. The van der Waals surface area contributed by atoms with Gasteiger partial charge < -0.3 is 14.8 Å². The average molecular weight is 429 g/mol. The number of halogens is 1. The molecule has 0 fully saturated rings. The number of methoxy groups -OCH3 is 1. The Labute approximate surface area is 184 Å². The van der Waals surface area contributed by atoms with Crippen LogP contribution in [0.3, 0.4) is 0 Å². The first kappa shape index (κ1) is 21.0. The molecule has 7 heteroatoms. The molecule has 0 aliphatic carbocycles. The van der Waals surface area contributed by atoms with E-state index in [1.807, 2.05) is 24.3 Å². The highest BCUT2D eigenvalue weighted by atomic mass is 19.1. The SMILES string of the molecule is COc1cccc(CNC(=O)c2ccc(Oc3ccnc(-c4ccc(F)cc4)n3)cc2)c1. The Morgan fingerprint density at radius 3 is 2.50 bits per heavy atom. The van der Waals surface area contributed by atoms with Gasteiger partial charge >= 0.3 is 0 Å². The van der Waals surface area contributed by atoms with Gasteiger partial charge in [0.1, 0.15) is 17.3 Å². The van der Waals surface area contributed by atoms with E-state index in [1.54, 1.807) is 55.8 Å². The van der Waals surface area contributed by atoms with Gasteiger partial charge in [-0.05, 0) is 66.2 Å². The first-order valence-corrected chi connectivity index (χ1v) is 9.89. The van der Waals surface area contributed by atoms with Gasteiger partial charge in [0.05, 0.1) is 7.11 Å². The van der Waals surface area contributed by atoms with Crippen molar-refractivity contribution in [2.24, 2.45) is 0 Å². The molecular weight excluding hydrogens is 409 g/mol. The number of benzene rings is 3. The van der Waals surface area contributed by atoms with Crippen molar-refractivity contribution in [2.75, 3.05) is 7.11 Å². The third kappa shape index (κ3) is 5.26. The van der Waals surface area contributed by atoms with Crippen molar-refractivity contribution in [2.45, 2.75) is 6.54 Å². The van der Waals surface area contributed by atoms with E-state index in [1.165, 1.54) is 12.1 Å². The van der Waals surface area contributed by atoms with Crippen LogP contribution in [0.25, 0.3) is 11.4 Å². The van der Waals surface area contributed by atoms with E-state index in [2.05, 4.69) is 15.3 Å². The highest BCUT2D eigenvalue weighted by Crippen LogP contribution is 2.23. The molecule has 1 N–H and O–H groups in total. The summed E-state index contributed by atoms with van der Waals surface area (Å²) in [6, 6.07) is 21.8. The average Bonchev–Trinajstić information content (AvgIpc) is 2.84. The molecule has 4 rings (SSSR count). The molecule has 6 nitrogen and oxygen atoms in total. The molecule has 4 aromatic rings. The van der Waals surface area contributed by atoms with Gasteiger partial charge in [-0.15, -0.1) is 0 Å². The molecule has 0 unspecified atom stereocenters. The minimum absolute atomic E-state index is 0.194. The van der Waals surface area contributed by atoms with Crippen LogP contribution >= 0.6 is 0 Å². The zero-order valence-corrected chi connectivity index (χ0v) is 17.3. The molecule has 3 aromatic carbocycles. The third-order valence-electron chi connectivity index (χ3n) is 4.66. The first-order valence-electron chi connectivity index (χ1n) is 9.89. The molecule has 0 aliphatic rings. The number of ether oxygens (including phenoxy) is 2. The smallest absolute Gasteiger partial charge is 0.251 e. The fourth-order valence-electron chi connectivity index (χ4n) is 3.00. The zero-order chi connectivity index (χ0) is 22.3. The molecule has 0 atom stereocenters. The maximum Gasteiger partial charge on any atom is 0.251 e. The summed E-state index contributed by atoms with van der Waals surface area (Å²) in [5.41, 5.74) is 2.13. The lowest BCUT2D eigenvalue weighted by atomic mass is 10.2. The highest BCUT2D eigenvalue weighted by molar-refractivity contribution is 5.94. The van der Waals surface area contributed by atoms with Crippen LogP contribution in [-0.2, 0) is 6.54 Å². The molecule has 0 saturated heterocycles. The lowest BCUT2D eigenvalue weighted by molar-refractivity contribution is 0.0951. The van der Waals surface area contributed by atoms with Gasteiger partial charge in [0.2, 0.25) is 5.88 Å². The quantitative estimate of drug-likeness (QED) is 0.447. The number of rotatable bonds is 7. The number of aromatic nitrogens is 2. The second-order valence-corrected chi connectivity index (χ2v) is 6.89. The van der Waals surface area contributed by atoms with Gasteiger partial charge in [-0.1, -0.05) is 12.1 Å². The topological polar surface area (TPSA) is 73.3 Å². The Balaban J connectivity index is 1.39. The normalized spacial score (nSPS) is 10.4. The predicted octanol–water partition coefficient (Wildman–Crippen LogP) is 5.01. The monoisotopic (exact) mass is 429 g/mol. The van der Waals surface area contributed by atoms with Crippen LogP contribution in [0.4, 0.5) is 4.39 Å². The first-order chi connectivity index (χ1) is 15.6. The van der Waals surface area contributed by atoms with Crippen LogP contribution in [0.2, 0.25) is 0 Å². The number of hydrogen-bond donors (Lipinski definition) is 1. The summed E-state index contributed by atoms with van der Waals surface area (Å²) in [5, 5.41) is 2.88. The fraction of sp³-hybridized carbons (Fsp3) is 0.0800. The number of hydrogen-bond acceptors (Lipinski definition) is 5. The number of amides is 1. The molecule has 0 radical (unpaired) electrons. The van der Waals surface area contributed by atoms with E-state index < -0.39 is 0 Å². The van der Waals surface area contributed by atoms with Crippen LogP contribution < -0.4 is 14.8 Å². The number of nitrogens with one attached hydrogen (secondary N) is 1. The fourth-order valence-corrected chi connectivity index (χ4v) is 3.00. The number of carbonyl (C=O) groups is 1. The van der Waals surface area contributed by atoms with Crippen molar-refractivity contribution in [3.63, 3.8) is 0 Å². The Hall–Kier alpha value is -4.26. The summed E-state index contributed by atoms with van der Waals surface area (Å²) in [6.45, 7) is 0.390. The van der Waals surface area contributed by atoms with Crippen molar-refractivity contribution in [3.05, 3.63) is 102 Å². The van der Waals surface area contributed by atoms with Crippen molar-refractivity contribution >= 4 is 5.91 Å². The minimum Gasteiger partial charge on any atom is -0.497 e. The Kier molecular flexibility index (Phi) is 6.36. The summed E-state index contributed by atoms with van der Waals surface area (Å²) in [6.07, 6.45) is 1.57. The van der Waals surface area contributed by atoms with Crippen molar-refractivity contribution < 1.29 is 18.7 Å². The maximum absolute atomic E-state index is 13.1. The zero-order valence-electron chi connectivity index (χ0n) is 17.3. The summed E-state index contributed by atoms with van der Waals surface area (Å²) < 4.78 is 24.1. The second kappa shape index (κ2) is 9.70. The van der Waals surface area contributed by atoms with Crippen LogP contribution in [0.5, 0.6) is 17.4 Å². The van der Waals surface area contributed by atoms with Gasteiger partial charge in [0, 0.05) is 29.9 Å². The van der Waals surface area contributed by atoms with Crippen molar-refractivity contribution in [1.82, 2.24) is 15.3 Å². The van der Waals surface area contributed by atoms with Gasteiger partial charge in [-0.25, -0.2) is 9.37 Å². The largest absolute Gasteiger partial charge is 0.497 e. The van der Waals surface area contributed by atoms with E-state index in [9.17, 15) is 9.18 Å². The molecule has 0 bridgehead atoms.